The molecule has 1 aromatic heterocycles. The molecule has 2 rings (SSSR count). The molecule has 0 fully saturated rings. The molecule has 0 bridgehead atoms. The third-order valence-electron chi connectivity index (χ3n) is 3.19. The van der Waals surface area contributed by atoms with E-state index in [1.807, 2.05) is 24.3 Å². The molecular weight excluding hydrogens is 269 g/mol. The highest BCUT2D eigenvalue weighted by Crippen LogP contribution is 2.18. The summed E-state index contributed by atoms with van der Waals surface area (Å²) in [6.07, 6.45) is 2.32. The second-order valence-electron chi connectivity index (χ2n) is 4.73. The summed E-state index contributed by atoms with van der Waals surface area (Å²) < 4.78 is 13.5. The molecule has 21 heavy (non-hydrogen) atoms. The van der Waals surface area contributed by atoms with E-state index in [0.29, 0.717) is 18.7 Å². The molecule has 0 aliphatic heterocycles. The number of halogens is 1. The van der Waals surface area contributed by atoms with Crippen LogP contribution in [0.1, 0.15) is 11.3 Å². The van der Waals surface area contributed by atoms with Gasteiger partial charge in [0.15, 0.2) is 0 Å². The van der Waals surface area contributed by atoms with Crippen LogP contribution < -0.4 is 5.32 Å². The van der Waals surface area contributed by atoms with Gasteiger partial charge in [0.1, 0.15) is 17.4 Å². The zero-order chi connectivity index (χ0) is 15.1. The van der Waals surface area contributed by atoms with Gasteiger partial charge in [0.25, 0.3) is 0 Å². The standard InChI is InChI=1S/C16H16FN3O/c17-15-5-3-6-16(14(15)9-18)20-10-12(11-21)8-13-4-1-2-7-19-13/h1-7,12,20-21H,8,10-11H2/t12-/m0/s1. The van der Waals surface area contributed by atoms with Crippen molar-refractivity contribution in [2.45, 2.75) is 6.42 Å². The molecule has 5 heteroatoms. The molecule has 0 amide bonds. The average molecular weight is 285 g/mol. The van der Waals surface area contributed by atoms with Gasteiger partial charge in [0, 0.05) is 31.0 Å². The number of anilines is 1. The van der Waals surface area contributed by atoms with Gasteiger partial charge in [-0.15, -0.1) is 0 Å². The number of rotatable bonds is 6. The van der Waals surface area contributed by atoms with E-state index in [9.17, 15) is 9.50 Å². The van der Waals surface area contributed by atoms with Crippen molar-refractivity contribution in [1.82, 2.24) is 4.98 Å². The SMILES string of the molecule is N#Cc1c(F)cccc1NC[C@@H](CO)Cc1ccccn1. The first-order chi connectivity index (χ1) is 10.2. The normalized spacial score (nSPS) is 11.7. The number of hydrogen-bond donors (Lipinski definition) is 2. The van der Waals surface area contributed by atoms with Crippen LogP contribution in [0.25, 0.3) is 0 Å². The van der Waals surface area contributed by atoms with Gasteiger partial charge >= 0.3 is 0 Å². The number of benzene rings is 1. The maximum Gasteiger partial charge on any atom is 0.143 e. The summed E-state index contributed by atoms with van der Waals surface area (Å²) in [6, 6.07) is 11.9. The third kappa shape index (κ3) is 4.01. The Labute approximate surface area is 122 Å². The second kappa shape index (κ2) is 7.36. The number of aromatic nitrogens is 1. The maximum atomic E-state index is 13.5. The van der Waals surface area contributed by atoms with Crippen molar-refractivity contribution in [3.05, 3.63) is 59.7 Å². The highest BCUT2D eigenvalue weighted by atomic mass is 19.1. The van der Waals surface area contributed by atoms with Crippen LogP contribution in [-0.4, -0.2) is 23.2 Å². The fraction of sp³-hybridized carbons (Fsp3) is 0.250. The lowest BCUT2D eigenvalue weighted by Crippen LogP contribution is -2.21. The number of aliphatic hydroxyl groups is 1. The van der Waals surface area contributed by atoms with Gasteiger partial charge in [-0.2, -0.15) is 5.26 Å². The highest BCUT2D eigenvalue weighted by molar-refractivity contribution is 5.57. The predicted molar refractivity (Wildman–Crippen MR) is 78.1 cm³/mol. The number of nitrogens with one attached hydrogen (secondary N) is 1. The number of nitrogens with zero attached hydrogens (tertiary/aromatic N) is 2. The van der Waals surface area contributed by atoms with E-state index in [2.05, 4.69) is 10.3 Å². The van der Waals surface area contributed by atoms with Gasteiger partial charge in [-0.3, -0.25) is 4.98 Å². The van der Waals surface area contributed by atoms with Crippen LogP contribution >= 0.6 is 0 Å². The van der Waals surface area contributed by atoms with E-state index in [1.54, 1.807) is 18.3 Å². The first-order valence-electron chi connectivity index (χ1n) is 6.68. The van der Waals surface area contributed by atoms with Gasteiger partial charge in [-0.05, 0) is 30.7 Å². The average Bonchev–Trinajstić information content (AvgIpc) is 2.52. The van der Waals surface area contributed by atoms with E-state index in [4.69, 9.17) is 5.26 Å². The molecule has 0 saturated heterocycles. The lowest BCUT2D eigenvalue weighted by molar-refractivity contribution is 0.232. The maximum absolute atomic E-state index is 13.5. The van der Waals surface area contributed by atoms with Gasteiger partial charge < -0.3 is 10.4 Å². The first-order valence-corrected chi connectivity index (χ1v) is 6.68. The Morgan fingerprint density at radius 3 is 2.81 bits per heavy atom. The van der Waals surface area contributed by atoms with Gasteiger partial charge in [0.05, 0.1) is 5.69 Å². The molecule has 0 unspecified atom stereocenters. The Morgan fingerprint density at radius 2 is 2.14 bits per heavy atom. The van der Waals surface area contributed by atoms with E-state index in [-0.39, 0.29) is 18.1 Å². The van der Waals surface area contributed by atoms with Crippen LogP contribution in [0.5, 0.6) is 0 Å². The van der Waals surface area contributed by atoms with Crippen LogP contribution in [0, 0.1) is 23.1 Å². The molecule has 4 nitrogen and oxygen atoms in total. The smallest absolute Gasteiger partial charge is 0.143 e. The van der Waals surface area contributed by atoms with Crippen molar-refractivity contribution in [2.24, 2.45) is 5.92 Å². The van der Waals surface area contributed by atoms with Crippen molar-refractivity contribution in [3.8, 4) is 6.07 Å². The Kier molecular flexibility index (Phi) is 5.24. The summed E-state index contributed by atoms with van der Waals surface area (Å²) in [5, 5.41) is 21.4. The monoisotopic (exact) mass is 285 g/mol. The van der Waals surface area contributed by atoms with Crippen molar-refractivity contribution in [2.75, 3.05) is 18.5 Å². The van der Waals surface area contributed by atoms with E-state index < -0.39 is 5.82 Å². The molecule has 0 radical (unpaired) electrons. The molecule has 0 spiro atoms. The van der Waals surface area contributed by atoms with Crippen LogP contribution in [-0.2, 0) is 6.42 Å². The fourth-order valence-electron chi connectivity index (χ4n) is 2.06. The predicted octanol–water partition coefficient (Wildman–Crippen LogP) is 2.36. The van der Waals surface area contributed by atoms with E-state index in [1.165, 1.54) is 6.07 Å². The van der Waals surface area contributed by atoms with Crippen LogP contribution in [0.2, 0.25) is 0 Å². The van der Waals surface area contributed by atoms with Crippen LogP contribution in [0.4, 0.5) is 10.1 Å². The molecule has 0 saturated carbocycles. The van der Waals surface area contributed by atoms with Gasteiger partial charge in [0.2, 0.25) is 0 Å². The molecule has 2 aromatic rings. The van der Waals surface area contributed by atoms with E-state index >= 15 is 0 Å². The molecule has 0 aliphatic rings. The summed E-state index contributed by atoms with van der Waals surface area (Å²) in [7, 11) is 0. The molecular formula is C16H16FN3O. The molecule has 2 N–H and O–H groups in total. The zero-order valence-corrected chi connectivity index (χ0v) is 11.5. The number of aliphatic hydroxyl groups excluding tert-OH is 1. The molecule has 108 valence electrons. The lowest BCUT2D eigenvalue weighted by Gasteiger charge is -2.16. The quantitative estimate of drug-likeness (QED) is 0.855. The minimum atomic E-state index is -0.548. The van der Waals surface area contributed by atoms with Crippen molar-refractivity contribution in [1.29, 1.82) is 5.26 Å². The number of nitriles is 1. The summed E-state index contributed by atoms with van der Waals surface area (Å²) in [5.41, 5.74) is 1.32. The Bertz CT molecular complexity index is 625. The Hall–Kier alpha value is -2.45. The molecule has 0 aliphatic carbocycles. The summed E-state index contributed by atoms with van der Waals surface area (Å²) in [5.74, 6) is -0.609. The summed E-state index contributed by atoms with van der Waals surface area (Å²) in [6.45, 7) is 0.423. The molecule has 1 aromatic carbocycles. The third-order valence-corrected chi connectivity index (χ3v) is 3.19. The number of pyridine rings is 1. The minimum Gasteiger partial charge on any atom is -0.396 e. The summed E-state index contributed by atoms with van der Waals surface area (Å²) in [4.78, 5) is 4.22. The minimum absolute atomic E-state index is 0.00738. The Balaban J connectivity index is 2.01. The van der Waals surface area contributed by atoms with Crippen molar-refractivity contribution < 1.29 is 9.50 Å². The largest absolute Gasteiger partial charge is 0.396 e. The second-order valence-corrected chi connectivity index (χ2v) is 4.73. The van der Waals surface area contributed by atoms with Crippen molar-refractivity contribution >= 4 is 5.69 Å². The first kappa shape index (κ1) is 14.9. The molecule has 1 heterocycles. The Morgan fingerprint density at radius 1 is 1.29 bits per heavy atom. The van der Waals surface area contributed by atoms with E-state index in [0.717, 1.165) is 5.69 Å². The summed E-state index contributed by atoms with van der Waals surface area (Å²) >= 11 is 0. The highest BCUT2D eigenvalue weighted by Gasteiger charge is 2.12. The zero-order valence-electron chi connectivity index (χ0n) is 11.5. The van der Waals surface area contributed by atoms with Gasteiger partial charge in [-0.25, -0.2) is 4.39 Å². The van der Waals surface area contributed by atoms with Gasteiger partial charge in [-0.1, -0.05) is 12.1 Å². The fourth-order valence-corrected chi connectivity index (χ4v) is 2.06. The van der Waals surface area contributed by atoms with Crippen LogP contribution in [0.3, 0.4) is 0 Å². The topological polar surface area (TPSA) is 68.9 Å². The molecule has 1 atom stereocenters. The van der Waals surface area contributed by atoms with Crippen LogP contribution in [0.15, 0.2) is 42.6 Å². The lowest BCUT2D eigenvalue weighted by atomic mass is 10.0. The van der Waals surface area contributed by atoms with Crippen molar-refractivity contribution in [3.63, 3.8) is 0 Å². The number of hydrogen-bond acceptors (Lipinski definition) is 4.